The van der Waals surface area contributed by atoms with E-state index < -0.39 is 0 Å². The van der Waals surface area contributed by atoms with Crippen molar-refractivity contribution in [3.8, 4) is 5.88 Å². The number of aromatic nitrogens is 2. The Morgan fingerprint density at radius 2 is 2.12 bits per heavy atom. The molecule has 2 rings (SSSR count). The maximum atomic E-state index is 8.87. The quantitative estimate of drug-likeness (QED) is 0.770. The van der Waals surface area contributed by atoms with Crippen LogP contribution in [0.15, 0.2) is 12.3 Å². The number of nitrogens with zero attached hydrogens (tertiary/aromatic N) is 4. The zero-order valence-electron chi connectivity index (χ0n) is 10.0. The van der Waals surface area contributed by atoms with E-state index in [9.17, 15) is 0 Å². The molecule has 1 saturated heterocycles. The molecule has 0 aliphatic carbocycles. The van der Waals surface area contributed by atoms with Gasteiger partial charge in [0.15, 0.2) is 0 Å². The van der Waals surface area contributed by atoms with Crippen molar-refractivity contribution in [1.82, 2.24) is 14.9 Å². The Bertz CT molecular complexity index is 353. The lowest BCUT2D eigenvalue weighted by molar-refractivity contribution is 0.188. The predicted octanol–water partition coefficient (Wildman–Crippen LogP) is -0.401. The van der Waals surface area contributed by atoms with E-state index in [2.05, 4.69) is 19.8 Å². The number of ether oxygens (including phenoxy) is 1. The van der Waals surface area contributed by atoms with E-state index in [1.165, 1.54) is 0 Å². The van der Waals surface area contributed by atoms with E-state index in [4.69, 9.17) is 9.84 Å². The van der Waals surface area contributed by atoms with Crippen LogP contribution < -0.4 is 9.64 Å². The molecule has 0 amide bonds. The minimum Gasteiger partial charge on any atom is -0.481 e. The summed E-state index contributed by atoms with van der Waals surface area (Å²) in [6.07, 6.45) is 1.71. The average Bonchev–Trinajstić information content (AvgIpc) is 2.40. The van der Waals surface area contributed by atoms with E-state index in [1.807, 2.05) is 0 Å². The van der Waals surface area contributed by atoms with E-state index in [1.54, 1.807) is 19.4 Å². The second-order valence-electron chi connectivity index (χ2n) is 3.95. The van der Waals surface area contributed by atoms with Crippen molar-refractivity contribution in [2.24, 2.45) is 0 Å². The van der Waals surface area contributed by atoms with Crippen LogP contribution in [0.1, 0.15) is 0 Å². The van der Waals surface area contributed by atoms with E-state index in [-0.39, 0.29) is 6.61 Å². The van der Waals surface area contributed by atoms with Gasteiger partial charge in [-0.2, -0.15) is 4.98 Å². The number of hydrogen-bond acceptors (Lipinski definition) is 6. The highest BCUT2D eigenvalue weighted by Gasteiger charge is 2.18. The molecule has 6 heteroatoms. The molecule has 0 atom stereocenters. The molecule has 0 bridgehead atoms. The summed E-state index contributed by atoms with van der Waals surface area (Å²) < 4.78 is 5.08. The summed E-state index contributed by atoms with van der Waals surface area (Å²) in [6, 6.07) is 1.74. The van der Waals surface area contributed by atoms with Crippen molar-refractivity contribution >= 4 is 5.95 Å². The first kappa shape index (κ1) is 12.1. The third kappa shape index (κ3) is 3.04. The van der Waals surface area contributed by atoms with Gasteiger partial charge in [-0.05, 0) is 0 Å². The number of hydrogen-bond donors (Lipinski definition) is 1. The molecule has 1 aliphatic heterocycles. The molecule has 1 aromatic rings. The van der Waals surface area contributed by atoms with Crippen LogP contribution in [0.25, 0.3) is 0 Å². The van der Waals surface area contributed by atoms with Gasteiger partial charge in [0.2, 0.25) is 11.8 Å². The molecule has 0 spiro atoms. The molecule has 0 saturated carbocycles. The lowest BCUT2D eigenvalue weighted by Crippen LogP contribution is -2.47. The molecule has 1 fully saturated rings. The normalized spacial score (nSPS) is 17.2. The van der Waals surface area contributed by atoms with Crippen LogP contribution in [0.2, 0.25) is 0 Å². The Balaban J connectivity index is 1.95. The summed E-state index contributed by atoms with van der Waals surface area (Å²) in [5, 5.41) is 8.87. The molecule has 1 aliphatic rings. The molecule has 17 heavy (non-hydrogen) atoms. The van der Waals surface area contributed by atoms with Gasteiger partial charge in [0.25, 0.3) is 0 Å². The maximum absolute atomic E-state index is 8.87. The van der Waals surface area contributed by atoms with Gasteiger partial charge in [-0.25, -0.2) is 4.98 Å². The van der Waals surface area contributed by atoms with Gasteiger partial charge in [0.1, 0.15) is 0 Å². The standard InChI is InChI=1S/C11H18N4O2/c1-17-10-2-3-12-11(13-10)15-6-4-14(5-7-15)8-9-16/h2-3,16H,4-9H2,1H3. The third-order valence-corrected chi connectivity index (χ3v) is 2.90. The van der Waals surface area contributed by atoms with Gasteiger partial charge >= 0.3 is 0 Å². The fourth-order valence-corrected chi connectivity index (χ4v) is 1.91. The van der Waals surface area contributed by atoms with Crippen molar-refractivity contribution < 1.29 is 9.84 Å². The monoisotopic (exact) mass is 238 g/mol. The summed E-state index contributed by atoms with van der Waals surface area (Å²) in [5.41, 5.74) is 0. The highest BCUT2D eigenvalue weighted by Crippen LogP contribution is 2.14. The van der Waals surface area contributed by atoms with Gasteiger partial charge in [0.05, 0.1) is 13.7 Å². The van der Waals surface area contributed by atoms with Gasteiger partial charge in [-0.15, -0.1) is 0 Å². The summed E-state index contributed by atoms with van der Waals surface area (Å²) in [6.45, 7) is 4.59. The lowest BCUT2D eigenvalue weighted by atomic mass is 10.3. The van der Waals surface area contributed by atoms with Crippen LogP contribution in [0.4, 0.5) is 5.95 Å². The Hall–Kier alpha value is -1.40. The number of β-amino-alcohol motifs (C(OH)–C–C–N with tert-alkyl or cyclic N) is 1. The number of rotatable bonds is 4. The highest BCUT2D eigenvalue weighted by molar-refractivity contribution is 5.32. The SMILES string of the molecule is COc1ccnc(N2CCN(CCO)CC2)n1. The summed E-state index contributed by atoms with van der Waals surface area (Å²) in [7, 11) is 1.60. The smallest absolute Gasteiger partial charge is 0.228 e. The molecule has 0 aromatic carbocycles. The van der Waals surface area contributed by atoms with Crippen LogP contribution in [0, 0.1) is 0 Å². The average molecular weight is 238 g/mol. The van der Waals surface area contributed by atoms with Crippen LogP contribution >= 0.6 is 0 Å². The second-order valence-corrected chi connectivity index (χ2v) is 3.95. The Labute approximate surface area is 101 Å². The van der Waals surface area contributed by atoms with Crippen LogP contribution in [-0.2, 0) is 0 Å². The molecular formula is C11H18N4O2. The number of aliphatic hydroxyl groups excluding tert-OH is 1. The molecule has 0 unspecified atom stereocenters. The molecule has 1 N–H and O–H groups in total. The zero-order valence-corrected chi connectivity index (χ0v) is 10.0. The molecule has 1 aromatic heterocycles. The van der Waals surface area contributed by atoms with Gasteiger partial charge < -0.3 is 14.7 Å². The highest BCUT2D eigenvalue weighted by atomic mass is 16.5. The van der Waals surface area contributed by atoms with E-state index in [0.29, 0.717) is 11.8 Å². The largest absolute Gasteiger partial charge is 0.481 e. The second kappa shape index (κ2) is 5.79. The Morgan fingerprint density at radius 3 is 2.76 bits per heavy atom. The lowest BCUT2D eigenvalue weighted by Gasteiger charge is -2.34. The first-order chi connectivity index (χ1) is 8.33. The van der Waals surface area contributed by atoms with Crippen molar-refractivity contribution in [2.45, 2.75) is 0 Å². The fourth-order valence-electron chi connectivity index (χ4n) is 1.91. The summed E-state index contributed by atoms with van der Waals surface area (Å²) in [5.74, 6) is 1.31. The maximum Gasteiger partial charge on any atom is 0.228 e. The minimum atomic E-state index is 0.218. The number of methoxy groups -OCH3 is 1. The number of piperazine rings is 1. The minimum absolute atomic E-state index is 0.218. The van der Waals surface area contributed by atoms with Crippen molar-refractivity contribution in [3.05, 3.63) is 12.3 Å². The van der Waals surface area contributed by atoms with E-state index >= 15 is 0 Å². The summed E-state index contributed by atoms with van der Waals surface area (Å²) >= 11 is 0. The molecule has 6 nitrogen and oxygen atoms in total. The van der Waals surface area contributed by atoms with E-state index in [0.717, 1.165) is 32.7 Å². The summed E-state index contributed by atoms with van der Waals surface area (Å²) in [4.78, 5) is 12.9. The Kier molecular flexibility index (Phi) is 4.11. The number of aliphatic hydroxyl groups is 1. The van der Waals surface area contributed by atoms with Crippen LogP contribution in [0.3, 0.4) is 0 Å². The Morgan fingerprint density at radius 1 is 1.35 bits per heavy atom. The predicted molar refractivity (Wildman–Crippen MR) is 64.3 cm³/mol. The first-order valence-electron chi connectivity index (χ1n) is 5.78. The topological polar surface area (TPSA) is 61.7 Å². The van der Waals surface area contributed by atoms with Gasteiger partial charge in [-0.3, -0.25) is 4.90 Å². The van der Waals surface area contributed by atoms with Crippen molar-refractivity contribution in [3.63, 3.8) is 0 Å². The fraction of sp³-hybridized carbons (Fsp3) is 0.636. The van der Waals surface area contributed by atoms with Gasteiger partial charge in [-0.1, -0.05) is 0 Å². The van der Waals surface area contributed by atoms with Crippen LogP contribution in [0.5, 0.6) is 5.88 Å². The van der Waals surface area contributed by atoms with Crippen molar-refractivity contribution in [1.29, 1.82) is 0 Å². The third-order valence-electron chi connectivity index (χ3n) is 2.90. The molecule has 0 radical (unpaired) electrons. The molecule has 94 valence electrons. The molecule has 2 heterocycles. The van der Waals surface area contributed by atoms with Gasteiger partial charge in [0, 0.05) is 45.0 Å². The number of anilines is 1. The first-order valence-corrected chi connectivity index (χ1v) is 5.78. The van der Waals surface area contributed by atoms with Crippen molar-refractivity contribution in [2.75, 3.05) is 51.3 Å². The zero-order chi connectivity index (χ0) is 12.1. The molecular weight excluding hydrogens is 220 g/mol. The van der Waals surface area contributed by atoms with Crippen LogP contribution in [-0.4, -0.2) is 66.4 Å².